The summed E-state index contributed by atoms with van der Waals surface area (Å²) in [5.41, 5.74) is 1.21. The maximum Gasteiger partial charge on any atom is 0.232 e. The van der Waals surface area contributed by atoms with Crippen molar-refractivity contribution in [1.29, 1.82) is 0 Å². The van der Waals surface area contributed by atoms with Crippen LogP contribution in [0.5, 0.6) is 0 Å². The second-order valence-corrected chi connectivity index (χ2v) is 4.99. The maximum atomic E-state index is 11.6. The molecule has 0 saturated carbocycles. The Morgan fingerprint density at radius 1 is 1.22 bits per heavy atom. The lowest BCUT2D eigenvalue weighted by Crippen LogP contribution is -2.26. The largest absolute Gasteiger partial charge is 0.453 e. The fourth-order valence-corrected chi connectivity index (χ4v) is 2.26. The molecule has 5 heteroatoms. The van der Waals surface area contributed by atoms with Gasteiger partial charge in [0.2, 0.25) is 10.9 Å². The Labute approximate surface area is 110 Å². The molecule has 1 heterocycles. The quantitative estimate of drug-likeness (QED) is 0.513. The predicted octanol–water partition coefficient (Wildman–Crippen LogP) is 2.66. The van der Waals surface area contributed by atoms with E-state index in [1.165, 1.54) is 6.07 Å². The normalized spacial score (nSPS) is 11.2. The zero-order valence-electron chi connectivity index (χ0n) is 9.41. The summed E-state index contributed by atoms with van der Waals surface area (Å²) in [5, 5.41) is 0. The van der Waals surface area contributed by atoms with Gasteiger partial charge >= 0.3 is 0 Å². The van der Waals surface area contributed by atoms with Crippen molar-refractivity contribution in [2.45, 2.75) is 6.92 Å². The van der Waals surface area contributed by atoms with Crippen LogP contribution in [0.3, 0.4) is 0 Å². The minimum Gasteiger partial charge on any atom is -0.453 e. The van der Waals surface area contributed by atoms with E-state index in [0.717, 1.165) is 9.99 Å². The van der Waals surface area contributed by atoms with Crippen LogP contribution in [0, 0.1) is 6.92 Å². The van der Waals surface area contributed by atoms with Crippen LogP contribution in [-0.4, -0.2) is 4.98 Å². The van der Waals surface area contributed by atoms with E-state index in [2.05, 4.69) is 20.9 Å². The summed E-state index contributed by atoms with van der Waals surface area (Å²) in [7, 11) is 0. The molecule has 1 aliphatic heterocycles. The summed E-state index contributed by atoms with van der Waals surface area (Å²) in [6.07, 6.45) is 0. The average molecular weight is 306 g/mol. The molecule has 0 bridgehead atoms. The van der Waals surface area contributed by atoms with Gasteiger partial charge in [-0.05, 0) is 25.1 Å². The second-order valence-electron chi connectivity index (χ2n) is 4.07. The highest BCUT2D eigenvalue weighted by Crippen LogP contribution is 2.26. The Morgan fingerprint density at radius 2 is 2.00 bits per heavy atom. The number of nitrogens with one attached hydrogen (secondary N) is 1. The summed E-state index contributed by atoms with van der Waals surface area (Å²) < 4.78 is 6.57. The number of rotatable bonds is 0. The number of fused-ring (bicyclic) bond motifs is 2. The smallest absolute Gasteiger partial charge is 0.232 e. The highest BCUT2D eigenvalue weighted by molar-refractivity contribution is 9.10. The molecule has 0 saturated heterocycles. The molecule has 0 radical (unpaired) electrons. The van der Waals surface area contributed by atoms with Crippen molar-refractivity contribution in [2.75, 3.05) is 0 Å². The monoisotopic (exact) mass is 305 g/mol. The molecule has 0 fully saturated rings. The number of hydrogen-bond acceptors (Lipinski definition) is 3. The molecule has 1 N–H and O–H groups in total. The molecule has 0 spiro atoms. The van der Waals surface area contributed by atoms with Crippen molar-refractivity contribution >= 4 is 27.0 Å². The molecule has 4 nitrogen and oxygen atoms in total. The first-order chi connectivity index (χ1) is 8.56. The fraction of sp³-hybridized carbons (Fsp3) is 0.0769. The number of benzene rings is 2. The Hall–Kier alpha value is -1.88. The number of halogens is 1. The number of aromatic nitrogens is 1. The molecule has 0 amide bonds. The third-order valence-electron chi connectivity index (χ3n) is 2.85. The molecular formula is C13H8BrNO3. The molecule has 0 aromatic heterocycles. The van der Waals surface area contributed by atoms with Gasteiger partial charge in [0.15, 0.2) is 11.3 Å². The summed E-state index contributed by atoms with van der Waals surface area (Å²) in [5.74, 6) is 0.421. The van der Waals surface area contributed by atoms with E-state index < -0.39 is 10.9 Å². The van der Waals surface area contributed by atoms with Crippen molar-refractivity contribution in [3.63, 3.8) is 0 Å². The first-order valence-electron chi connectivity index (χ1n) is 5.32. The minimum atomic E-state index is -0.525. The first-order valence-corrected chi connectivity index (χ1v) is 6.11. The van der Waals surface area contributed by atoms with Crippen LogP contribution < -0.4 is 10.9 Å². The summed E-state index contributed by atoms with van der Waals surface area (Å²) in [4.78, 5) is 26.1. The van der Waals surface area contributed by atoms with Gasteiger partial charge in [-0.1, -0.05) is 15.9 Å². The fourth-order valence-electron chi connectivity index (χ4n) is 1.92. The van der Waals surface area contributed by atoms with Gasteiger partial charge in [0.1, 0.15) is 0 Å². The van der Waals surface area contributed by atoms with Gasteiger partial charge in [-0.3, -0.25) is 9.59 Å². The van der Waals surface area contributed by atoms with Gasteiger partial charge < -0.3 is 9.40 Å². The summed E-state index contributed by atoms with van der Waals surface area (Å²) >= 11 is 3.36. The van der Waals surface area contributed by atoms with E-state index in [1.807, 2.05) is 12.1 Å². The van der Waals surface area contributed by atoms with Crippen molar-refractivity contribution in [2.24, 2.45) is 0 Å². The summed E-state index contributed by atoms with van der Waals surface area (Å²) in [6, 6.07) is 6.79. The van der Waals surface area contributed by atoms with Gasteiger partial charge in [-0.15, -0.1) is 0 Å². The van der Waals surface area contributed by atoms with E-state index in [-0.39, 0.29) is 0 Å². The molecule has 1 aliphatic carbocycles. The van der Waals surface area contributed by atoms with Gasteiger partial charge in [0, 0.05) is 16.1 Å². The Kier molecular flexibility index (Phi) is 2.38. The van der Waals surface area contributed by atoms with Crippen LogP contribution in [0.15, 0.2) is 42.7 Å². The molecule has 0 unspecified atom stereocenters. The van der Waals surface area contributed by atoms with E-state index in [1.54, 1.807) is 13.0 Å². The maximum absolute atomic E-state index is 11.6. The third kappa shape index (κ3) is 1.59. The molecule has 1 aromatic rings. The lowest BCUT2D eigenvalue weighted by Gasteiger charge is -2.09. The standard InChI is InChI=1S/C13H8BrNO3/c1-6-12(17)10(16)5-9-13(6)18-11-4-7(14)2-3-8(11)15-9/h2-5,15H,1H3. The van der Waals surface area contributed by atoms with Gasteiger partial charge in [0.05, 0.1) is 11.2 Å². The Bertz CT molecular complexity index is 847. The highest BCUT2D eigenvalue weighted by atomic mass is 79.9. The van der Waals surface area contributed by atoms with Gasteiger partial charge in [-0.2, -0.15) is 0 Å². The van der Waals surface area contributed by atoms with Crippen molar-refractivity contribution < 1.29 is 4.42 Å². The van der Waals surface area contributed by atoms with Crippen molar-refractivity contribution in [3.05, 3.63) is 54.7 Å². The SMILES string of the molecule is Cc1c2oc3cc(Br)ccc3[nH]c-2cc(=O)c1=O. The van der Waals surface area contributed by atoms with Crippen LogP contribution >= 0.6 is 15.9 Å². The molecule has 3 rings (SSSR count). The summed E-state index contributed by atoms with van der Waals surface area (Å²) in [6.45, 7) is 1.59. The zero-order chi connectivity index (χ0) is 12.9. The average Bonchev–Trinajstić information content (AvgIpc) is 2.35. The molecular weight excluding hydrogens is 298 g/mol. The minimum absolute atomic E-state index is 0.329. The predicted molar refractivity (Wildman–Crippen MR) is 72.2 cm³/mol. The molecule has 1 aromatic carbocycles. The lowest BCUT2D eigenvalue weighted by atomic mass is 10.1. The van der Waals surface area contributed by atoms with Crippen molar-refractivity contribution in [1.82, 2.24) is 4.98 Å². The van der Waals surface area contributed by atoms with E-state index in [4.69, 9.17) is 4.42 Å². The van der Waals surface area contributed by atoms with Gasteiger partial charge in [-0.25, -0.2) is 0 Å². The first kappa shape index (κ1) is 11.2. The van der Waals surface area contributed by atoms with E-state index in [0.29, 0.717) is 22.6 Å². The van der Waals surface area contributed by atoms with Crippen LogP contribution in [0.2, 0.25) is 0 Å². The van der Waals surface area contributed by atoms with Crippen LogP contribution in [0.4, 0.5) is 0 Å². The van der Waals surface area contributed by atoms with E-state index in [9.17, 15) is 9.59 Å². The third-order valence-corrected chi connectivity index (χ3v) is 3.34. The highest BCUT2D eigenvalue weighted by Gasteiger charge is 2.15. The second kappa shape index (κ2) is 3.81. The van der Waals surface area contributed by atoms with E-state index >= 15 is 0 Å². The van der Waals surface area contributed by atoms with Crippen molar-refractivity contribution in [3.8, 4) is 11.5 Å². The Balaban J connectivity index is 2.54. The van der Waals surface area contributed by atoms with Crippen LogP contribution in [0.25, 0.3) is 22.6 Å². The van der Waals surface area contributed by atoms with Crippen LogP contribution in [-0.2, 0) is 0 Å². The molecule has 18 heavy (non-hydrogen) atoms. The lowest BCUT2D eigenvalue weighted by molar-refractivity contribution is 0.607. The number of aromatic amines is 1. The zero-order valence-corrected chi connectivity index (χ0v) is 11.0. The number of H-pyrrole nitrogens is 1. The molecule has 90 valence electrons. The van der Waals surface area contributed by atoms with Crippen LogP contribution in [0.1, 0.15) is 5.56 Å². The molecule has 2 aliphatic rings. The Morgan fingerprint density at radius 3 is 2.78 bits per heavy atom. The van der Waals surface area contributed by atoms with Gasteiger partial charge in [0.25, 0.3) is 0 Å². The number of hydrogen-bond donors (Lipinski definition) is 1. The topological polar surface area (TPSA) is 63.1 Å². The molecule has 0 atom stereocenters.